The summed E-state index contributed by atoms with van der Waals surface area (Å²) in [6.07, 6.45) is 0.341. The van der Waals surface area contributed by atoms with E-state index in [0.29, 0.717) is 19.3 Å². The smallest absolute Gasteiger partial charge is 0.325 e. The van der Waals surface area contributed by atoms with Gasteiger partial charge in [0.2, 0.25) is 0 Å². The fourth-order valence-corrected chi connectivity index (χ4v) is 1.31. The molecule has 5 nitrogen and oxygen atoms in total. The molecule has 0 fully saturated rings. The van der Waals surface area contributed by atoms with E-state index < -0.39 is 13.8 Å². The molecule has 0 radical (unpaired) electrons. The van der Waals surface area contributed by atoms with Crippen molar-refractivity contribution < 1.29 is 19.5 Å². The maximum absolute atomic E-state index is 10.3. The zero-order valence-corrected chi connectivity index (χ0v) is 7.07. The lowest BCUT2D eigenvalue weighted by molar-refractivity contribution is 0.169. The summed E-state index contributed by atoms with van der Waals surface area (Å²) in [7, 11) is -3.85. The number of nitrogens with two attached hydrogens (primary N) is 1. The summed E-state index contributed by atoms with van der Waals surface area (Å²) in [6.45, 7) is 0. The Balaban J connectivity index is 3.22. The van der Waals surface area contributed by atoms with Crippen molar-refractivity contribution in [1.82, 2.24) is 0 Å². The maximum Gasteiger partial charge on any atom is 0.325 e. The van der Waals surface area contributed by atoms with Crippen LogP contribution in [0.15, 0.2) is 0 Å². The van der Waals surface area contributed by atoms with Gasteiger partial charge < -0.3 is 20.6 Å². The summed E-state index contributed by atoms with van der Waals surface area (Å²) in [6, 6.07) is 0. The summed E-state index contributed by atoms with van der Waals surface area (Å²) in [5.74, 6) is 0. The van der Waals surface area contributed by atoms with E-state index in [9.17, 15) is 4.57 Å². The molecule has 0 aromatic carbocycles. The lowest BCUT2D eigenvalue weighted by atomic mass is 10.2. The third-order valence-electron chi connectivity index (χ3n) is 1.20. The zero-order valence-electron chi connectivity index (χ0n) is 6.18. The van der Waals surface area contributed by atoms with Crippen LogP contribution in [0, 0.1) is 0 Å². The average Bonchev–Trinajstić information content (AvgIpc) is 1.78. The fraction of sp³-hybridized carbons (Fsp3) is 1.00. The minimum Gasteiger partial charge on any atom is -0.379 e. The van der Waals surface area contributed by atoms with Crippen molar-refractivity contribution >= 4 is 7.60 Å². The molecule has 0 saturated heterocycles. The van der Waals surface area contributed by atoms with Gasteiger partial charge in [-0.2, -0.15) is 0 Å². The Morgan fingerprint density at radius 2 is 1.91 bits per heavy atom. The molecule has 0 aromatic heterocycles. The highest BCUT2D eigenvalue weighted by Crippen LogP contribution is 2.35. The maximum atomic E-state index is 10.3. The van der Waals surface area contributed by atoms with Crippen LogP contribution in [-0.4, -0.2) is 27.3 Å². The van der Waals surface area contributed by atoms with E-state index in [1.807, 2.05) is 0 Å². The highest BCUT2D eigenvalue weighted by Gasteiger charge is 2.11. The molecule has 0 aliphatic carbocycles. The molecule has 0 aromatic rings. The highest BCUT2D eigenvalue weighted by molar-refractivity contribution is 7.51. The van der Waals surface area contributed by atoms with Gasteiger partial charge in [0.15, 0.2) is 0 Å². The van der Waals surface area contributed by atoms with Crippen LogP contribution in [-0.2, 0) is 4.57 Å². The van der Waals surface area contributed by atoms with Crippen molar-refractivity contribution in [2.75, 3.05) is 6.16 Å². The predicted octanol–water partition coefficient (Wildman–Crippen LogP) is -0.389. The Hall–Kier alpha value is 0.0700. The Morgan fingerprint density at radius 1 is 1.36 bits per heavy atom. The minimum atomic E-state index is -3.85. The largest absolute Gasteiger partial charge is 0.379 e. The second kappa shape index (κ2) is 4.85. The van der Waals surface area contributed by atoms with Crippen LogP contribution < -0.4 is 5.73 Å². The van der Waals surface area contributed by atoms with E-state index >= 15 is 0 Å². The SMILES string of the molecule is NC(O)CCCCP(=O)(O)O. The second-order valence-electron chi connectivity index (χ2n) is 2.45. The Kier molecular flexibility index (Phi) is 4.88. The summed E-state index contributed by atoms with van der Waals surface area (Å²) in [5, 5.41) is 8.57. The average molecular weight is 183 g/mol. The molecule has 11 heavy (non-hydrogen) atoms. The van der Waals surface area contributed by atoms with Crippen LogP contribution in [0.1, 0.15) is 19.3 Å². The van der Waals surface area contributed by atoms with E-state index in [2.05, 4.69) is 0 Å². The standard InChI is InChI=1S/C5H14NO4P/c6-5(7)3-1-2-4-11(8,9)10/h5,7H,1-4,6H2,(H2,8,9,10). The topological polar surface area (TPSA) is 104 Å². The van der Waals surface area contributed by atoms with Crippen molar-refractivity contribution in [1.29, 1.82) is 0 Å². The molecule has 1 atom stereocenters. The van der Waals surface area contributed by atoms with E-state index in [1.165, 1.54) is 0 Å². The van der Waals surface area contributed by atoms with Crippen LogP contribution >= 0.6 is 7.60 Å². The number of rotatable bonds is 5. The molecule has 0 spiro atoms. The van der Waals surface area contributed by atoms with Crippen LogP contribution in [0.4, 0.5) is 0 Å². The van der Waals surface area contributed by atoms with Crippen molar-refractivity contribution in [2.45, 2.75) is 25.5 Å². The van der Waals surface area contributed by atoms with Gasteiger partial charge in [-0.3, -0.25) is 4.57 Å². The first kappa shape index (κ1) is 11.1. The lowest BCUT2D eigenvalue weighted by Gasteiger charge is -2.04. The van der Waals surface area contributed by atoms with Crippen LogP contribution in [0.3, 0.4) is 0 Å². The molecule has 6 heteroatoms. The van der Waals surface area contributed by atoms with Crippen molar-refractivity contribution in [3.63, 3.8) is 0 Å². The molecular formula is C5H14NO4P. The van der Waals surface area contributed by atoms with Gasteiger partial charge in [0.25, 0.3) is 0 Å². The van der Waals surface area contributed by atoms with E-state index in [0.717, 1.165) is 0 Å². The monoisotopic (exact) mass is 183 g/mol. The molecule has 0 heterocycles. The summed E-state index contributed by atoms with van der Waals surface area (Å²) >= 11 is 0. The molecule has 0 saturated carbocycles. The quantitative estimate of drug-likeness (QED) is 0.264. The van der Waals surface area contributed by atoms with Gasteiger partial charge >= 0.3 is 7.60 Å². The number of hydrogen-bond donors (Lipinski definition) is 4. The van der Waals surface area contributed by atoms with Gasteiger partial charge in [0, 0.05) is 6.16 Å². The molecule has 1 unspecified atom stereocenters. The first-order valence-corrected chi connectivity index (χ1v) is 5.20. The first-order chi connectivity index (χ1) is 4.92. The Morgan fingerprint density at radius 3 is 2.27 bits per heavy atom. The Bertz CT molecular complexity index is 143. The second-order valence-corrected chi connectivity index (χ2v) is 4.23. The number of aliphatic hydroxyl groups excluding tert-OH is 1. The molecule has 5 N–H and O–H groups in total. The van der Waals surface area contributed by atoms with Crippen molar-refractivity contribution in [3.8, 4) is 0 Å². The molecule has 0 bridgehead atoms. The van der Waals surface area contributed by atoms with E-state index in [-0.39, 0.29) is 6.16 Å². The third kappa shape index (κ3) is 10.1. The number of unbranched alkanes of at least 4 members (excludes halogenated alkanes) is 1. The van der Waals surface area contributed by atoms with Gasteiger partial charge in [0.05, 0.1) is 0 Å². The van der Waals surface area contributed by atoms with E-state index in [4.69, 9.17) is 20.6 Å². The third-order valence-corrected chi connectivity index (χ3v) is 2.10. The van der Waals surface area contributed by atoms with Crippen molar-refractivity contribution in [3.05, 3.63) is 0 Å². The van der Waals surface area contributed by atoms with Gasteiger partial charge in [-0.15, -0.1) is 0 Å². The van der Waals surface area contributed by atoms with Gasteiger partial charge in [-0.25, -0.2) is 0 Å². The predicted molar refractivity (Wildman–Crippen MR) is 41.0 cm³/mol. The molecule has 0 aliphatic heterocycles. The highest BCUT2D eigenvalue weighted by atomic mass is 31.2. The summed E-state index contributed by atoms with van der Waals surface area (Å²) < 4.78 is 10.3. The lowest BCUT2D eigenvalue weighted by Crippen LogP contribution is -2.18. The summed E-state index contributed by atoms with van der Waals surface area (Å²) in [4.78, 5) is 16.8. The molecule has 0 rings (SSSR count). The number of aliphatic hydroxyl groups is 1. The normalized spacial score (nSPS) is 14.9. The van der Waals surface area contributed by atoms with E-state index in [1.54, 1.807) is 0 Å². The van der Waals surface area contributed by atoms with Crippen LogP contribution in [0.25, 0.3) is 0 Å². The minimum absolute atomic E-state index is 0.125. The van der Waals surface area contributed by atoms with Crippen LogP contribution in [0.2, 0.25) is 0 Å². The van der Waals surface area contributed by atoms with Gasteiger partial charge in [0.1, 0.15) is 6.23 Å². The Labute approximate surface area is 65.4 Å². The zero-order chi connectivity index (χ0) is 8.91. The van der Waals surface area contributed by atoms with Gasteiger partial charge in [-0.05, 0) is 19.3 Å². The van der Waals surface area contributed by atoms with Crippen LogP contribution in [0.5, 0.6) is 0 Å². The molecule has 0 aliphatic rings. The first-order valence-electron chi connectivity index (χ1n) is 3.40. The fourth-order valence-electron chi connectivity index (χ4n) is 0.671. The summed E-state index contributed by atoms with van der Waals surface area (Å²) in [5.41, 5.74) is 5.00. The molecule has 0 amide bonds. The molecular weight excluding hydrogens is 169 g/mol. The number of hydrogen-bond acceptors (Lipinski definition) is 3. The van der Waals surface area contributed by atoms with Crippen molar-refractivity contribution in [2.24, 2.45) is 5.73 Å². The molecule has 68 valence electrons. The van der Waals surface area contributed by atoms with Gasteiger partial charge in [-0.1, -0.05) is 0 Å².